The molecule has 0 aliphatic rings. The van der Waals surface area contributed by atoms with E-state index >= 15 is 0 Å². The lowest BCUT2D eigenvalue weighted by atomic mass is 9.95. The van der Waals surface area contributed by atoms with Crippen molar-refractivity contribution in [3.63, 3.8) is 0 Å². The highest BCUT2D eigenvalue weighted by molar-refractivity contribution is 6.53. The van der Waals surface area contributed by atoms with Gasteiger partial charge in [0.05, 0.1) is 11.6 Å². The molecule has 3 rings (SSSR count). The normalized spacial score (nSPS) is 12.0. The van der Waals surface area contributed by atoms with E-state index in [1.165, 1.54) is 0 Å². The van der Waals surface area contributed by atoms with Gasteiger partial charge in [-0.15, -0.1) is 0 Å². The predicted molar refractivity (Wildman–Crippen MR) is 135 cm³/mol. The summed E-state index contributed by atoms with van der Waals surface area (Å²) in [6, 6.07) is 25.1. The van der Waals surface area contributed by atoms with Crippen LogP contribution in [0, 0.1) is 0 Å². The number of unbranched alkanes of at least 4 members (excludes halogenated alkanes) is 1. The van der Waals surface area contributed by atoms with Crippen molar-refractivity contribution in [2.75, 3.05) is 26.2 Å². The first-order valence-corrected chi connectivity index (χ1v) is 11.7. The topological polar surface area (TPSA) is 32.7 Å². The Kier molecular flexibility index (Phi) is 9.21. The number of aromatic hydroxyl groups is 1. The fourth-order valence-electron chi connectivity index (χ4n) is 3.70. The largest absolute Gasteiger partial charge is 0.508 e. The van der Waals surface area contributed by atoms with Crippen molar-refractivity contribution < 1.29 is 9.84 Å². The minimum absolute atomic E-state index is 0.210. The Morgan fingerprint density at radius 2 is 1.50 bits per heavy atom. The molecular weight excluding hydrogens is 418 g/mol. The maximum Gasteiger partial charge on any atom is 0.119 e. The average molecular weight is 450 g/mol. The summed E-state index contributed by atoms with van der Waals surface area (Å²) in [5.74, 6) is 1.06. The van der Waals surface area contributed by atoms with Crippen molar-refractivity contribution in [1.29, 1.82) is 0 Å². The molecule has 0 saturated heterocycles. The zero-order valence-electron chi connectivity index (χ0n) is 18.9. The number of phenols is 1. The molecule has 0 fully saturated rings. The van der Waals surface area contributed by atoms with Crippen molar-refractivity contribution in [2.45, 2.75) is 26.7 Å². The highest BCUT2D eigenvalue weighted by Crippen LogP contribution is 2.36. The average Bonchev–Trinajstić information content (AvgIpc) is 2.83. The summed E-state index contributed by atoms with van der Waals surface area (Å²) in [7, 11) is 0. The van der Waals surface area contributed by atoms with Gasteiger partial charge in [-0.2, -0.15) is 0 Å². The molecule has 0 aliphatic carbocycles. The van der Waals surface area contributed by atoms with Crippen LogP contribution in [0.5, 0.6) is 11.5 Å². The fraction of sp³-hybridized carbons (Fsp3) is 0.286. The lowest BCUT2D eigenvalue weighted by molar-refractivity contribution is 0.266. The van der Waals surface area contributed by atoms with E-state index in [0.717, 1.165) is 60.5 Å². The molecule has 0 spiro atoms. The van der Waals surface area contributed by atoms with Crippen LogP contribution in [0.4, 0.5) is 0 Å². The maximum atomic E-state index is 10.0. The van der Waals surface area contributed by atoms with Gasteiger partial charge in [0, 0.05) is 5.57 Å². The van der Waals surface area contributed by atoms with Crippen LogP contribution in [0.2, 0.25) is 0 Å². The van der Waals surface area contributed by atoms with E-state index in [4.69, 9.17) is 16.3 Å². The van der Waals surface area contributed by atoms with Crippen LogP contribution in [-0.4, -0.2) is 36.2 Å². The van der Waals surface area contributed by atoms with Gasteiger partial charge < -0.3 is 14.7 Å². The molecule has 0 aliphatic heterocycles. The first-order valence-electron chi connectivity index (χ1n) is 11.3. The van der Waals surface area contributed by atoms with E-state index in [0.29, 0.717) is 11.6 Å². The molecule has 0 saturated carbocycles. The third-order valence-electron chi connectivity index (χ3n) is 5.56. The van der Waals surface area contributed by atoms with Gasteiger partial charge in [0.25, 0.3) is 0 Å². The van der Waals surface area contributed by atoms with E-state index in [9.17, 15) is 5.11 Å². The lowest BCUT2D eigenvalue weighted by Gasteiger charge is -2.17. The molecule has 4 heteroatoms. The number of phenolic OH excluding ortho intramolecular Hbond substituents is 1. The first kappa shape index (κ1) is 23.9. The lowest BCUT2D eigenvalue weighted by Crippen LogP contribution is -2.24. The highest BCUT2D eigenvalue weighted by Gasteiger charge is 2.13. The molecule has 0 radical (unpaired) electrons. The van der Waals surface area contributed by atoms with Crippen LogP contribution in [0.25, 0.3) is 10.6 Å². The van der Waals surface area contributed by atoms with Crippen molar-refractivity contribution in [1.82, 2.24) is 4.90 Å². The Labute approximate surface area is 196 Å². The zero-order valence-corrected chi connectivity index (χ0v) is 19.7. The molecule has 1 N–H and O–H groups in total. The molecule has 168 valence electrons. The summed E-state index contributed by atoms with van der Waals surface area (Å²) in [6.07, 6.45) is 2.17. The van der Waals surface area contributed by atoms with Crippen molar-refractivity contribution >= 4 is 22.2 Å². The number of nitrogens with zero attached hydrogens (tertiary/aromatic N) is 1. The first-order chi connectivity index (χ1) is 15.6. The summed E-state index contributed by atoms with van der Waals surface area (Å²) in [5, 5.41) is 10.7. The number of hydrogen-bond donors (Lipinski definition) is 1. The second kappa shape index (κ2) is 12.3. The molecular formula is C28H32ClNO2. The molecule has 3 nitrogen and oxygen atoms in total. The smallest absolute Gasteiger partial charge is 0.119 e. The van der Waals surface area contributed by atoms with Crippen molar-refractivity contribution in [3.8, 4) is 11.5 Å². The van der Waals surface area contributed by atoms with Gasteiger partial charge in [-0.05, 0) is 73.4 Å². The summed E-state index contributed by atoms with van der Waals surface area (Å²) in [4.78, 5) is 2.43. The Hall–Kier alpha value is -2.75. The quantitative estimate of drug-likeness (QED) is 0.251. The Balaban J connectivity index is 1.75. The molecule has 3 aromatic carbocycles. The molecule has 0 heterocycles. The van der Waals surface area contributed by atoms with Crippen LogP contribution in [0.15, 0.2) is 78.9 Å². The molecule has 0 bridgehead atoms. The van der Waals surface area contributed by atoms with E-state index in [2.05, 4.69) is 18.7 Å². The predicted octanol–water partition coefficient (Wildman–Crippen LogP) is 7.05. The summed E-state index contributed by atoms with van der Waals surface area (Å²) in [6.45, 7) is 8.42. The van der Waals surface area contributed by atoms with E-state index in [1.807, 2.05) is 66.7 Å². The fourth-order valence-corrected chi connectivity index (χ4v) is 4.04. The molecule has 3 aromatic rings. The number of halogens is 1. The third-order valence-corrected chi connectivity index (χ3v) is 5.96. The molecule has 0 unspecified atom stereocenters. The van der Waals surface area contributed by atoms with E-state index in [-0.39, 0.29) is 5.75 Å². The number of rotatable bonds is 11. The maximum absolute atomic E-state index is 10.0. The van der Waals surface area contributed by atoms with Gasteiger partial charge in [0.2, 0.25) is 0 Å². The van der Waals surface area contributed by atoms with Crippen molar-refractivity contribution in [3.05, 3.63) is 95.6 Å². The summed E-state index contributed by atoms with van der Waals surface area (Å²) >= 11 is 6.86. The SMILES string of the molecule is CCN(CC)CCCCOc1ccc(/C(=C(\Cl)c2ccccc2)c2cccc(O)c2)cc1. The van der Waals surface area contributed by atoms with Gasteiger partial charge in [0.1, 0.15) is 11.5 Å². The van der Waals surface area contributed by atoms with Crippen molar-refractivity contribution in [2.24, 2.45) is 0 Å². The Morgan fingerprint density at radius 3 is 2.16 bits per heavy atom. The standard InChI is InChI=1S/C28H32ClNO2/c1-3-30(4-2)19-8-9-20-32-26-17-15-22(16-18-26)27(24-13-10-14-25(31)21-24)28(29)23-11-6-5-7-12-23/h5-7,10-18,21,31H,3-4,8-9,19-20H2,1-2H3/b28-27+. The monoisotopic (exact) mass is 449 g/mol. The summed E-state index contributed by atoms with van der Waals surface area (Å²) in [5.41, 5.74) is 3.64. The van der Waals surface area contributed by atoms with Crippen LogP contribution >= 0.6 is 11.6 Å². The third kappa shape index (κ3) is 6.62. The van der Waals surface area contributed by atoms with Gasteiger partial charge in [0.15, 0.2) is 0 Å². The van der Waals surface area contributed by atoms with Crippen LogP contribution < -0.4 is 4.74 Å². The highest BCUT2D eigenvalue weighted by atomic mass is 35.5. The Morgan fingerprint density at radius 1 is 0.812 bits per heavy atom. The van der Waals surface area contributed by atoms with Gasteiger partial charge >= 0.3 is 0 Å². The minimum atomic E-state index is 0.210. The Bertz CT molecular complexity index is 995. The number of hydrogen-bond acceptors (Lipinski definition) is 3. The number of benzene rings is 3. The zero-order chi connectivity index (χ0) is 22.8. The summed E-state index contributed by atoms with van der Waals surface area (Å²) < 4.78 is 5.95. The van der Waals surface area contributed by atoms with E-state index in [1.54, 1.807) is 12.1 Å². The number of ether oxygens (including phenoxy) is 1. The van der Waals surface area contributed by atoms with Crippen LogP contribution in [-0.2, 0) is 0 Å². The van der Waals surface area contributed by atoms with Crippen LogP contribution in [0.3, 0.4) is 0 Å². The second-order valence-corrected chi connectivity index (χ2v) is 8.09. The van der Waals surface area contributed by atoms with Gasteiger partial charge in [-0.25, -0.2) is 0 Å². The van der Waals surface area contributed by atoms with Crippen LogP contribution in [0.1, 0.15) is 43.4 Å². The molecule has 32 heavy (non-hydrogen) atoms. The molecule has 0 amide bonds. The minimum Gasteiger partial charge on any atom is -0.508 e. The van der Waals surface area contributed by atoms with Gasteiger partial charge in [-0.3, -0.25) is 0 Å². The van der Waals surface area contributed by atoms with E-state index < -0.39 is 0 Å². The van der Waals surface area contributed by atoms with Gasteiger partial charge in [-0.1, -0.05) is 80.0 Å². The second-order valence-electron chi connectivity index (χ2n) is 7.71. The molecule has 0 aromatic heterocycles. The molecule has 0 atom stereocenters.